The average molecular weight is 251 g/mol. The molecular formula is C8H9BrClNO. The summed E-state index contributed by atoms with van der Waals surface area (Å²) in [6.45, 7) is 0. The molecule has 1 aromatic carbocycles. The summed E-state index contributed by atoms with van der Waals surface area (Å²) in [5, 5.41) is 9.70. The minimum atomic E-state index is 0.164. The van der Waals surface area contributed by atoms with Crippen LogP contribution in [0.15, 0.2) is 16.6 Å². The summed E-state index contributed by atoms with van der Waals surface area (Å²) in [6, 6.07) is 3.13. The number of benzene rings is 1. The maximum atomic E-state index is 9.17. The van der Waals surface area contributed by atoms with Gasteiger partial charge in [-0.2, -0.15) is 0 Å². The number of hydrogen-bond acceptors (Lipinski definition) is 2. The molecule has 1 N–H and O–H groups in total. The molecule has 0 aliphatic rings. The van der Waals surface area contributed by atoms with Crippen molar-refractivity contribution in [2.24, 2.45) is 0 Å². The summed E-state index contributed by atoms with van der Waals surface area (Å²) < 4.78 is 0.789. The zero-order valence-electron chi connectivity index (χ0n) is 6.81. The fraction of sp³-hybridized carbons (Fsp3) is 0.250. The van der Waals surface area contributed by atoms with E-state index >= 15 is 0 Å². The van der Waals surface area contributed by atoms with E-state index in [2.05, 4.69) is 15.9 Å². The van der Waals surface area contributed by atoms with Gasteiger partial charge in [0.2, 0.25) is 0 Å². The topological polar surface area (TPSA) is 23.5 Å². The Morgan fingerprint density at radius 2 is 2.00 bits per heavy atom. The minimum Gasteiger partial charge on any atom is -0.508 e. The standard InChI is InChI=1S/C8H9BrClNO/c1-11(2)8-6(9)3-5(12)4-7(8)10/h3-4,12H,1-2H3. The zero-order chi connectivity index (χ0) is 9.30. The van der Waals surface area contributed by atoms with Crippen molar-refractivity contribution in [3.8, 4) is 5.75 Å². The summed E-state index contributed by atoms with van der Waals surface area (Å²) in [6.07, 6.45) is 0. The molecule has 0 radical (unpaired) electrons. The highest BCUT2D eigenvalue weighted by Gasteiger charge is 2.08. The van der Waals surface area contributed by atoms with Gasteiger partial charge in [-0.3, -0.25) is 0 Å². The Balaban J connectivity index is 3.28. The van der Waals surface area contributed by atoms with Crippen molar-refractivity contribution in [3.63, 3.8) is 0 Å². The number of anilines is 1. The number of nitrogens with zero attached hydrogens (tertiary/aromatic N) is 1. The smallest absolute Gasteiger partial charge is 0.118 e. The second-order valence-electron chi connectivity index (χ2n) is 2.65. The van der Waals surface area contributed by atoms with Crippen LogP contribution in [0.4, 0.5) is 5.69 Å². The first kappa shape index (κ1) is 9.68. The van der Waals surface area contributed by atoms with Gasteiger partial charge in [-0.05, 0) is 22.0 Å². The van der Waals surface area contributed by atoms with Gasteiger partial charge < -0.3 is 10.0 Å². The van der Waals surface area contributed by atoms with Crippen molar-refractivity contribution < 1.29 is 5.11 Å². The number of halogens is 2. The lowest BCUT2D eigenvalue weighted by atomic mass is 10.3. The Morgan fingerprint density at radius 3 is 2.42 bits per heavy atom. The summed E-state index contributed by atoms with van der Waals surface area (Å²) in [5.41, 5.74) is 0.870. The Kier molecular flexibility index (Phi) is 2.85. The molecule has 66 valence electrons. The molecule has 12 heavy (non-hydrogen) atoms. The number of rotatable bonds is 1. The van der Waals surface area contributed by atoms with E-state index in [1.54, 1.807) is 6.07 Å². The first-order valence-corrected chi connectivity index (χ1v) is 4.55. The van der Waals surface area contributed by atoms with E-state index in [0.29, 0.717) is 5.02 Å². The van der Waals surface area contributed by atoms with Crippen molar-refractivity contribution in [1.29, 1.82) is 0 Å². The molecule has 1 rings (SSSR count). The van der Waals surface area contributed by atoms with Crippen LogP contribution < -0.4 is 4.90 Å². The van der Waals surface area contributed by atoms with Crippen LogP contribution in [0, 0.1) is 0 Å². The minimum absolute atomic E-state index is 0.164. The molecule has 0 saturated heterocycles. The molecule has 0 aliphatic heterocycles. The number of phenols is 1. The second-order valence-corrected chi connectivity index (χ2v) is 3.91. The van der Waals surface area contributed by atoms with Gasteiger partial charge in [-0.1, -0.05) is 11.6 Å². The van der Waals surface area contributed by atoms with E-state index in [1.807, 2.05) is 19.0 Å². The SMILES string of the molecule is CN(C)c1c(Cl)cc(O)cc1Br. The van der Waals surface area contributed by atoms with Crippen molar-refractivity contribution in [2.45, 2.75) is 0 Å². The lowest BCUT2D eigenvalue weighted by Crippen LogP contribution is -2.09. The fourth-order valence-electron chi connectivity index (χ4n) is 0.979. The summed E-state index contributed by atoms with van der Waals surface area (Å²) in [4.78, 5) is 1.88. The molecule has 4 heteroatoms. The van der Waals surface area contributed by atoms with Crippen LogP contribution in [0.3, 0.4) is 0 Å². The molecule has 0 spiro atoms. The average Bonchev–Trinajstić information content (AvgIpc) is 1.82. The van der Waals surface area contributed by atoms with E-state index in [4.69, 9.17) is 16.7 Å². The lowest BCUT2D eigenvalue weighted by Gasteiger charge is -2.16. The van der Waals surface area contributed by atoms with Crippen LogP contribution in [-0.2, 0) is 0 Å². The molecule has 0 heterocycles. The molecule has 0 bridgehead atoms. The van der Waals surface area contributed by atoms with Crippen LogP contribution >= 0.6 is 27.5 Å². The molecule has 0 atom stereocenters. The van der Waals surface area contributed by atoms with E-state index in [-0.39, 0.29) is 5.75 Å². The van der Waals surface area contributed by atoms with Gasteiger partial charge in [0, 0.05) is 24.6 Å². The van der Waals surface area contributed by atoms with E-state index in [1.165, 1.54) is 6.07 Å². The molecular weight excluding hydrogens is 241 g/mol. The molecule has 0 unspecified atom stereocenters. The monoisotopic (exact) mass is 249 g/mol. The Labute approximate surface area is 84.9 Å². The third kappa shape index (κ3) is 1.84. The van der Waals surface area contributed by atoms with Gasteiger partial charge >= 0.3 is 0 Å². The van der Waals surface area contributed by atoms with Gasteiger partial charge in [0.1, 0.15) is 5.75 Å². The summed E-state index contributed by atoms with van der Waals surface area (Å²) >= 11 is 9.21. The van der Waals surface area contributed by atoms with Gasteiger partial charge in [-0.15, -0.1) is 0 Å². The molecule has 0 aromatic heterocycles. The molecule has 2 nitrogen and oxygen atoms in total. The van der Waals surface area contributed by atoms with Crippen LogP contribution in [0.1, 0.15) is 0 Å². The number of phenolic OH excluding ortho intramolecular Hbond substituents is 1. The Bertz CT molecular complexity index is 278. The normalized spacial score (nSPS) is 10.0. The van der Waals surface area contributed by atoms with Crippen LogP contribution in [0.5, 0.6) is 5.75 Å². The lowest BCUT2D eigenvalue weighted by molar-refractivity contribution is 0.475. The first-order valence-electron chi connectivity index (χ1n) is 3.37. The van der Waals surface area contributed by atoms with Gasteiger partial charge in [-0.25, -0.2) is 0 Å². The maximum absolute atomic E-state index is 9.17. The quantitative estimate of drug-likeness (QED) is 0.828. The predicted molar refractivity (Wildman–Crippen MR) is 55.1 cm³/mol. The van der Waals surface area contributed by atoms with Crippen molar-refractivity contribution in [3.05, 3.63) is 21.6 Å². The van der Waals surface area contributed by atoms with Crippen LogP contribution in [-0.4, -0.2) is 19.2 Å². The van der Waals surface area contributed by atoms with Gasteiger partial charge in [0.05, 0.1) is 10.7 Å². The van der Waals surface area contributed by atoms with Gasteiger partial charge in [0.15, 0.2) is 0 Å². The highest BCUT2D eigenvalue weighted by molar-refractivity contribution is 9.10. The Hall–Kier alpha value is -0.410. The third-order valence-corrected chi connectivity index (χ3v) is 2.34. The van der Waals surface area contributed by atoms with Crippen molar-refractivity contribution in [2.75, 3.05) is 19.0 Å². The predicted octanol–water partition coefficient (Wildman–Crippen LogP) is 2.87. The maximum Gasteiger partial charge on any atom is 0.118 e. The molecule has 0 aliphatic carbocycles. The highest BCUT2D eigenvalue weighted by atomic mass is 79.9. The molecule has 0 saturated carbocycles. The number of hydrogen-bond donors (Lipinski definition) is 1. The molecule has 0 fully saturated rings. The Morgan fingerprint density at radius 1 is 1.42 bits per heavy atom. The van der Waals surface area contributed by atoms with E-state index in [0.717, 1.165) is 10.2 Å². The van der Waals surface area contributed by atoms with Crippen LogP contribution in [0.25, 0.3) is 0 Å². The summed E-state index contributed by atoms with van der Waals surface area (Å²) in [7, 11) is 3.78. The third-order valence-electron chi connectivity index (χ3n) is 1.45. The fourth-order valence-corrected chi connectivity index (χ4v) is 2.28. The second kappa shape index (κ2) is 3.54. The molecule has 0 amide bonds. The highest BCUT2D eigenvalue weighted by Crippen LogP contribution is 2.35. The van der Waals surface area contributed by atoms with E-state index < -0.39 is 0 Å². The number of aromatic hydroxyl groups is 1. The first-order chi connectivity index (χ1) is 5.52. The van der Waals surface area contributed by atoms with Gasteiger partial charge in [0.25, 0.3) is 0 Å². The zero-order valence-corrected chi connectivity index (χ0v) is 9.15. The molecule has 1 aromatic rings. The van der Waals surface area contributed by atoms with Crippen molar-refractivity contribution >= 4 is 33.2 Å². The van der Waals surface area contributed by atoms with Crippen molar-refractivity contribution in [1.82, 2.24) is 0 Å². The van der Waals surface area contributed by atoms with E-state index in [9.17, 15) is 0 Å². The van der Waals surface area contributed by atoms with Crippen LogP contribution in [0.2, 0.25) is 5.02 Å². The largest absolute Gasteiger partial charge is 0.508 e. The summed E-state index contributed by atoms with van der Waals surface area (Å²) in [5.74, 6) is 0.164.